The predicted molar refractivity (Wildman–Crippen MR) is 102 cm³/mol. The Morgan fingerprint density at radius 3 is 2.54 bits per heavy atom. The van der Waals surface area contributed by atoms with E-state index in [0.717, 1.165) is 19.4 Å². The maximum atomic E-state index is 12.3. The SMILES string of the molecule is COC1CCN(CC(=O)Nc2c(Cl)cc(Cl)cc2Cl)C(CN)C1.Cl. The minimum atomic E-state index is -0.189. The number of benzene rings is 1. The molecule has 0 saturated carbocycles. The number of carbonyl (C=O) groups is 1. The van der Waals surface area contributed by atoms with Crippen LogP contribution < -0.4 is 11.1 Å². The number of carbonyl (C=O) groups excluding carboxylic acids is 1. The van der Waals surface area contributed by atoms with Gasteiger partial charge in [0, 0.05) is 31.3 Å². The maximum absolute atomic E-state index is 12.3. The summed E-state index contributed by atoms with van der Waals surface area (Å²) in [5.74, 6) is -0.189. The highest BCUT2D eigenvalue weighted by molar-refractivity contribution is 6.42. The lowest BCUT2D eigenvalue weighted by Crippen LogP contribution is -2.51. The van der Waals surface area contributed by atoms with Crippen molar-refractivity contribution < 1.29 is 9.53 Å². The van der Waals surface area contributed by atoms with Crippen LogP contribution in [0.25, 0.3) is 0 Å². The number of rotatable bonds is 5. The number of anilines is 1. The Labute approximate surface area is 163 Å². The fraction of sp³-hybridized carbons (Fsp3) is 0.533. The van der Waals surface area contributed by atoms with Crippen LogP contribution in [0.5, 0.6) is 0 Å². The topological polar surface area (TPSA) is 67.6 Å². The van der Waals surface area contributed by atoms with Gasteiger partial charge >= 0.3 is 0 Å². The third-order valence-corrected chi connectivity index (χ3v) is 4.83. The van der Waals surface area contributed by atoms with Gasteiger partial charge in [-0.25, -0.2) is 0 Å². The lowest BCUT2D eigenvalue weighted by molar-refractivity contribution is -0.118. The number of nitrogens with two attached hydrogens (primary N) is 1. The van der Waals surface area contributed by atoms with Crippen molar-refractivity contribution in [3.8, 4) is 0 Å². The third kappa shape index (κ3) is 5.63. The number of hydrogen-bond acceptors (Lipinski definition) is 4. The quantitative estimate of drug-likeness (QED) is 0.771. The van der Waals surface area contributed by atoms with Crippen LogP contribution >= 0.6 is 47.2 Å². The zero-order valence-corrected chi connectivity index (χ0v) is 16.3. The first kappa shape index (κ1) is 21.8. The van der Waals surface area contributed by atoms with Crippen molar-refractivity contribution in [2.24, 2.45) is 5.73 Å². The number of ether oxygens (including phenoxy) is 1. The van der Waals surface area contributed by atoms with Crippen molar-refractivity contribution in [1.29, 1.82) is 0 Å². The summed E-state index contributed by atoms with van der Waals surface area (Å²) in [6.07, 6.45) is 1.90. The van der Waals surface area contributed by atoms with E-state index in [9.17, 15) is 4.79 Å². The normalized spacial score (nSPS) is 21.2. The van der Waals surface area contributed by atoms with Gasteiger partial charge in [0.05, 0.1) is 28.4 Å². The molecule has 0 bridgehead atoms. The summed E-state index contributed by atoms with van der Waals surface area (Å²) in [5.41, 5.74) is 6.19. The van der Waals surface area contributed by atoms with Gasteiger partial charge in [-0.1, -0.05) is 34.8 Å². The zero-order valence-electron chi connectivity index (χ0n) is 13.2. The average molecular weight is 417 g/mol. The predicted octanol–water partition coefficient (Wildman–Crippen LogP) is 3.45. The molecule has 1 aromatic carbocycles. The molecule has 1 aromatic rings. The number of nitrogens with one attached hydrogen (secondary N) is 1. The summed E-state index contributed by atoms with van der Waals surface area (Å²) in [6.45, 7) is 1.47. The minimum Gasteiger partial charge on any atom is -0.381 e. The molecule has 5 nitrogen and oxygen atoms in total. The van der Waals surface area contributed by atoms with Crippen LogP contribution in [-0.2, 0) is 9.53 Å². The van der Waals surface area contributed by atoms with Crippen molar-refractivity contribution in [2.75, 3.05) is 32.1 Å². The summed E-state index contributed by atoms with van der Waals surface area (Å²) >= 11 is 18.0. The van der Waals surface area contributed by atoms with Gasteiger partial charge in [0.25, 0.3) is 0 Å². The van der Waals surface area contributed by atoms with E-state index in [1.54, 1.807) is 7.11 Å². The number of halogens is 4. The van der Waals surface area contributed by atoms with E-state index >= 15 is 0 Å². The van der Waals surface area contributed by atoms with Crippen LogP contribution in [0.2, 0.25) is 15.1 Å². The van der Waals surface area contributed by atoms with Crippen LogP contribution in [0.4, 0.5) is 5.69 Å². The van der Waals surface area contributed by atoms with Gasteiger partial charge in [-0.3, -0.25) is 9.69 Å². The monoisotopic (exact) mass is 415 g/mol. The van der Waals surface area contributed by atoms with Gasteiger partial charge in [0.1, 0.15) is 0 Å². The maximum Gasteiger partial charge on any atom is 0.238 e. The molecule has 136 valence electrons. The Kier molecular flexibility index (Phi) is 9.09. The molecule has 1 amide bonds. The largest absolute Gasteiger partial charge is 0.381 e. The summed E-state index contributed by atoms with van der Waals surface area (Å²) in [6, 6.07) is 3.20. The second kappa shape index (κ2) is 10.0. The fourth-order valence-electron chi connectivity index (χ4n) is 2.76. The highest BCUT2D eigenvalue weighted by Crippen LogP contribution is 2.33. The highest BCUT2D eigenvalue weighted by atomic mass is 35.5. The van der Waals surface area contributed by atoms with Gasteiger partial charge in [-0.05, 0) is 25.0 Å². The molecular formula is C15H21Cl4N3O2. The number of amides is 1. The van der Waals surface area contributed by atoms with Crippen LogP contribution in [-0.4, -0.2) is 49.7 Å². The summed E-state index contributed by atoms with van der Waals surface area (Å²) in [7, 11) is 1.70. The average Bonchev–Trinajstić information content (AvgIpc) is 2.51. The number of hydrogen-bond donors (Lipinski definition) is 2. The molecule has 0 spiro atoms. The van der Waals surface area contributed by atoms with Crippen molar-refractivity contribution in [2.45, 2.75) is 25.0 Å². The zero-order chi connectivity index (χ0) is 17.0. The molecule has 2 rings (SSSR count). The Morgan fingerprint density at radius 1 is 1.38 bits per heavy atom. The summed E-state index contributed by atoms with van der Waals surface area (Å²) in [5, 5.41) is 3.79. The molecule has 0 aliphatic carbocycles. The summed E-state index contributed by atoms with van der Waals surface area (Å²) in [4.78, 5) is 14.4. The Hall–Kier alpha value is -0.270. The molecule has 2 atom stereocenters. The van der Waals surface area contributed by atoms with Crippen molar-refractivity contribution in [3.05, 3.63) is 27.2 Å². The van der Waals surface area contributed by atoms with Gasteiger partial charge in [-0.2, -0.15) is 0 Å². The molecule has 2 unspecified atom stereocenters. The van der Waals surface area contributed by atoms with E-state index in [4.69, 9.17) is 45.3 Å². The standard InChI is InChI=1S/C15H20Cl3N3O2.ClH/c1-23-11-2-3-21(10(6-11)7-19)8-14(22)20-15-12(17)4-9(16)5-13(15)18;/h4-5,10-11H,2-3,6-8,19H2,1H3,(H,20,22);1H. The second-order valence-electron chi connectivity index (χ2n) is 5.53. The Bertz CT molecular complexity index is 551. The minimum absolute atomic E-state index is 0. The van der Waals surface area contributed by atoms with Gasteiger partial charge in [0.15, 0.2) is 0 Å². The van der Waals surface area contributed by atoms with Crippen LogP contribution in [0, 0.1) is 0 Å². The molecule has 1 aliphatic rings. The molecule has 0 radical (unpaired) electrons. The third-order valence-electron chi connectivity index (χ3n) is 4.01. The first-order valence-electron chi connectivity index (χ1n) is 7.36. The van der Waals surface area contributed by atoms with Gasteiger partial charge < -0.3 is 15.8 Å². The number of nitrogens with zero attached hydrogens (tertiary/aromatic N) is 1. The molecule has 3 N–H and O–H groups in total. The molecule has 1 aliphatic heterocycles. The molecule has 1 heterocycles. The smallest absolute Gasteiger partial charge is 0.238 e. The molecule has 1 fully saturated rings. The van der Waals surface area contributed by atoms with Crippen molar-refractivity contribution >= 4 is 58.8 Å². The van der Waals surface area contributed by atoms with Crippen LogP contribution in [0.3, 0.4) is 0 Å². The van der Waals surface area contributed by atoms with E-state index in [1.807, 2.05) is 0 Å². The molecule has 9 heteroatoms. The lowest BCUT2D eigenvalue weighted by atomic mass is 9.99. The van der Waals surface area contributed by atoms with E-state index in [0.29, 0.717) is 27.3 Å². The van der Waals surface area contributed by atoms with E-state index < -0.39 is 0 Å². The molecule has 1 saturated heterocycles. The van der Waals surface area contributed by atoms with E-state index in [-0.39, 0.29) is 37.0 Å². The highest BCUT2D eigenvalue weighted by Gasteiger charge is 2.29. The van der Waals surface area contributed by atoms with Crippen molar-refractivity contribution in [1.82, 2.24) is 4.90 Å². The van der Waals surface area contributed by atoms with Gasteiger partial charge in [0.2, 0.25) is 5.91 Å². The van der Waals surface area contributed by atoms with E-state index in [1.165, 1.54) is 12.1 Å². The molecular weight excluding hydrogens is 396 g/mol. The Balaban J connectivity index is 0.00000288. The second-order valence-corrected chi connectivity index (χ2v) is 6.79. The van der Waals surface area contributed by atoms with E-state index in [2.05, 4.69) is 10.2 Å². The first-order valence-corrected chi connectivity index (χ1v) is 8.49. The number of methoxy groups -OCH3 is 1. The number of likely N-dealkylation sites (tertiary alicyclic amines) is 1. The van der Waals surface area contributed by atoms with Crippen LogP contribution in [0.1, 0.15) is 12.8 Å². The number of piperidine rings is 1. The Morgan fingerprint density at radius 2 is 2.00 bits per heavy atom. The fourth-order valence-corrected chi connectivity index (χ4v) is 3.67. The van der Waals surface area contributed by atoms with Gasteiger partial charge in [-0.15, -0.1) is 12.4 Å². The molecule has 0 aromatic heterocycles. The van der Waals surface area contributed by atoms with Crippen molar-refractivity contribution in [3.63, 3.8) is 0 Å². The molecule has 24 heavy (non-hydrogen) atoms. The summed E-state index contributed by atoms with van der Waals surface area (Å²) < 4.78 is 5.38. The first-order chi connectivity index (χ1) is 10.9. The lowest BCUT2D eigenvalue weighted by Gasteiger charge is -2.37. The van der Waals surface area contributed by atoms with Crippen LogP contribution in [0.15, 0.2) is 12.1 Å².